The maximum absolute atomic E-state index is 8.98. The van der Waals surface area contributed by atoms with Gasteiger partial charge in [-0.25, -0.2) is 4.98 Å². The standard InChI is InChI=1S/C9H17N3O/c1-8(11(2)3)5-12-7-10-4-9(12)6-13/h4,7-8,13H,5-6H2,1-3H3. The number of aliphatic hydroxyl groups is 1. The number of rotatable bonds is 4. The maximum Gasteiger partial charge on any atom is 0.0949 e. The summed E-state index contributed by atoms with van der Waals surface area (Å²) in [5.41, 5.74) is 0.869. The summed E-state index contributed by atoms with van der Waals surface area (Å²) in [4.78, 5) is 6.13. The fourth-order valence-corrected chi connectivity index (χ4v) is 1.09. The highest BCUT2D eigenvalue weighted by molar-refractivity contribution is 4.96. The summed E-state index contributed by atoms with van der Waals surface area (Å²) >= 11 is 0. The Morgan fingerprint density at radius 1 is 1.62 bits per heavy atom. The summed E-state index contributed by atoms with van der Waals surface area (Å²) in [6.45, 7) is 3.06. The molecule has 13 heavy (non-hydrogen) atoms. The first-order chi connectivity index (χ1) is 6.15. The largest absolute Gasteiger partial charge is 0.390 e. The Labute approximate surface area is 78.8 Å². The van der Waals surface area contributed by atoms with Crippen LogP contribution in [0.2, 0.25) is 0 Å². The lowest BCUT2D eigenvalue weighted by molar-refractivity contribution is 0.252. The SMILES string of the molecule is CC(Cn1cncc1CO)N(C)C. The summed E-state index contributed by atoms with van der Waals surface area (Å²) in [5.74, 6) is 0. The second-order valence-electron chi connectivity index (χ2n) is 3.51. The molecule has 0 aliphatic heterocycles. The molecule has 1 unspecified atom stereocenters. The van der Waals surface area contributed by atoms with Gasteiger partial charge in [-0.1, -0.05) is 0 Å². The second kappa shape index (κ2) is 4.39. The van der Waals surface area contributed by atoms with Crippen LogP contribution in [-0.2, 0) is 13.2 Å². The zero-order chi connectivity index (χ0) is 9.84. The summed E-state index contributed by atoms with van der Waals surface area (Å²) < 4.78 is 1.98. The number of hydrogen-bond acceptors (Lipinski definition) is 3. The van der Waals surface area contributed by atoms with Crippen molar-refractivity contribution in [2.24, 2.45) is 0 Å². The van der Waals surface area contributed by atoms with Crippen LogP contribution in [0.15, 0.2) is 12.5 Å². The Morgan fingerprint density at radius 3 is 2.85 bits per heavy atom. The Hall–Kier alpha value is -0.870. The molecule has 0 radical (unpaired) electrons. The summed E-state index contributed by atoms with van der Waals surface area (Å²) in [5, 5.41) is 8.98. The van der Waals surface area contributed by atoms with E-state index in [9.17, 15) is 0 Å². The maximum atomic E-state index is 8.98. The van der Waals surface area contributed by atoms with E-state index in [2.05, 4.69) is 16.8 Å². The van der Waals surface area contributed by atoms with Gasteiger partial charge >= 0.3 is 0 Å². The molecule has 0 spiro atoms. The molecule has 0 saturated carbocycles. The molecule has 0 aromatic carbocycles. The van der Waals surface area contributed by atoms with E-state index in [1.165, 1.54) is 0 Å². The van der Waals surface area contributed by atoms with E-state index in [-0.39, 0.29) is 6.61 Å². The average molecular weight is 183 g/mol. The molecule has 1 rings (SSSR count). The van der Waals surface area contributed by atoms with Gasteiger partial charge < -0.3 is 14.6 Å². The highest BCUT2D eigenvalue weighted by Crippen LogP contribution is 2.03. The monoisotopic (exact) mass is 183 g/mol. The van der Waals surface area contributed by atoms with Crippen molar-refractivity contribution in [3.63, 3.8) is 0 Å². The number of hydrogen-bond donors (Lipinski definition) is 1. The van der Waals surface area contributed by atoms with Crippen molar-refractivity contribution >= 4 is 0 Å². The third-order valence-electron chi connectivity index (χ3n) is 2.30. The van der Waals surface area contributed by atoms with Gasteiger partial charge in [0.25, 0.3) is 0 Å². The molecular weight excluding hydrogens is 166 g/mol. The topological polar surface area (TPSA) is 41.3 Å². The lowest BCUT2D eigenvalue weighted by atomic mass is 10.3. The Kier molecular flexibility index (Phi) is 3.45. The summed E-state index contributed by atoms with van der Waals surface area (Å²) in [6.07, 6.45) is 3.45. The molecule has 1 N–H and O–H groups in total. The van der Waals surface area contributed by atoms with Crippen LogP contribution in [0, 0.1) is 0 Å². The minimum Gasteiger partial charge on any atom is -0.390 e. The molecule has 0 aliphatic carbocycles. The smallest absolute Gasteiger partial charge is 0.0949 e. The number of aliphatic hydroxyl groups excluding tert-OH is 1. The quantitative estimate of drug-likeness (QED) is 0.731. The van der Waals surface area contributed by atoms with Gasteiger partial charge in [-0.3, -0.25) is 0 Å². The third-order valence-corrected chi connectivity index (χ3v) is 2.30. The highest BCUT2D eigenvalue weighted by atomic mass is 16.3. The predicted octanol–water partition coefficient (Wildman–Crippen LogP) is 0.325. The second-order valence-corrected chi connectivity index (χ2v) is 3.51. The molecule has 1 aromatic rings. The van der Waals surface area contributed by atoms with E-state index in [0.717, 1.165) is 12.2 Å². The van der Waals surface area contributed by atoms with Gasteiger partial charge in [-0.05, 0) is 21.0 Å². The van der Waals surface area contributed by atoms with Crippen molar-refractivity contribution in [3.8, 4) is 0 Å². The van der Waals surface area contributed by atoms with Crippen LogP contribution in [0.3, 0.4) is 0 Å². The molecule has 0 aliphatic rings. The van der Waals surface area contributed by atoms with Crippen molar-refractivity contribution in [1.82, 2.24) is 14.5 Å². The molecular formula is C9H17N3O. The van der Waals surface area contributed by atoms with Crippen molar-refractivity contribution in [2.75, 3.05) is 14.1 Å². The highest BCUT2D eigenvalue weighted by Gasteiger charge is 2.07. The molecule has 1 aromatic heterocycles. The molecule has 4 heteroatoms. The van der Waals surface area contributed by atoms with Crippen molar-refractivity contribution in [3.05, 3.63) is 18.2 Å². The van der Waals surface area contributed by atoms with Gasteiger partial charge in [0.1, 0.15) is 0 Å². The van der Waals surface area contributed by atoms with Gasteiger partial charge in [0.15, 0.2) is 0 Å². The van der Waals surface area contributed by atoms with E-state index in [0.29, 0.717) is 6.04 Å². The number of aromatic nitrogens is 2. The van der Waals surface area contributed by atoms with Crippen molar-refractivity contribution in [1.29, 1.82) is 0 Å². The normalized spacial score (nSPS) is 13.6. The average Bonchev–Trinajstić information content (AvgIpc) is 2.51. The van der Waals surface area contributed by atoms with Crippen LogP contribution in [0.5, 0.6) is 0 Å². The molecule has 0 bridgehead atoms. The predicted molar refractivity (Wildman–Crippen MR) is 51.3 cm³/mol. The summed E-state index contributed by atoms with van der Waals surface area (Å²) in [7, 11) is 4.08. The minimum atomic E-state index is 0.0557. The Morgan fingerprint density at radius 2 is 2.31 bits per heavy atom. The first-order valence-corrected chi connectivity index (χ1v) is 4.41. The van der Waals surface area contributed by atoms with Crippen LogP contribution >= 0.6 is 0 Å². The molecule has 74 valence electrons. The molecule has 0 fully saturated rings. The Balaban J connectivity index is 2.62. The van der Waals surface area contributed by atoms with Gasteiger partial charge in [0, 0.05) is 12.6 Å². The Bertz CT molecular complexity index is 257. The van der Waals surface area contributed by atoms with Crippen LogP contribution in [0.25, 0.3) is 0 Å². The van der Waals surface area contributed by atoms with Crippen LogP contribution in [-0.4, -0.2) is 39.7 Å². The number of likely N-dealkylation sites (N-methyl/N-ethyl adjacent to an activating group) is 1. The van der Waals surface area contributed by atoms with Crippen LogP contribution in [0.4, 0.5) is 0 Å². The summed E-state index contributed by atoms with van der Waals surface area (Å²) in [6, 6.07) is 0.444. The fraction of sp³-hybridized carbons (Fsp3) is 0.667. The lowest BCUT2D eigenvalue weighted by Crippen LogP contribution is -2.29. The van der Waals surface area contributed by atoms with Crippen molar-refractivity contribution < 1.29 is 5.11 Å². The third kappa shape index (κ3) is 2.54. The van der Waals surface area contributed by atoms with Gasteiger partial charge in [-0.2, -0.15) is 0 Å². The fourth-order valence-electron chi connectivity index (χ4n) is 1.09. The molecule has 0 saturated heterocycles. The van der Waals surface area contributed by atoms with E-state index < -0.39 is 0 Å². The first-order valence-electron chi connectivity index (χ1n) is 4.41. The zero-order valence-corrected chi connectivity index (χ0v) is 8.44. The number of imidazole rings is 1. The van der Waals surface area contributed by atoms with Crippen molar-refractivity contribution in [2.45, 2.75) is 26.1 Å². The van der Waals surface area contributed by atoms with Crippen LogP contribution in [0.1, 0.15) is 12.6 Å². The van der Waals surface area contributed by atoms with E-state index in [1.54, 1.807) is 12.5 Å². The van der Waals surface area contributed by atoms with Gasteiger partial charge in [0.2, 0.25) is 0 Å². The van der Waals surface area contributed by atoms with E-state index in [4.69, 9.17) is 5.11 Å². The van der Waals surface area contributed by atoms with Crippen LogP contribution < -0.4 is 0 Å². The molecule has 1 atom stereocenters. The minimum absolute atomic E-state index is 0.0557. The van der Waals surface area contributed by atoms with E-state index >= 15 is 0 Å². The van der Waals surface area contributed by atoms with E-state index in [1.807, 2.05) is 18.7 Å². The first kappa shape index (κ1) is 10.2. The number of nitrogens with zero attached hydrogens (tertiary/aromatic N) is 3. The molecule has 4 nitrogen and oxygen atoms in total. The lowest BCUT2D eigenvalue weighted by Gasteiger charge is -2.20. The van der Waals surface area contributed by atoms with Gasteiger partial charge in [-0.15, -0.1) is 0 Å². The molecule has 1 heterocycles. The van der Waals surface area contributed by atoms with Gasteiger partial charge in [0.05, 0.1) is 24.8 Å². The zero-order valence-electron chi connectivity index (χ0n) is 8.44. The molecule has 0 amide bonds.